The van der Waals surface area contributed by atoms with Gasteiger partial charge in [0.15, 0.2) is 0 Å². The van der Waals surface area contributed by atoms with E-state index in [9.17, 15) is 35.1 Å². The van der Waals surface area contributed by atoms with E-state index in [1.807, 2.05) is 0 Å². The Labute approximate surface area is 149 Å². The zero-order valence-corrected chi connectivity index (χ0v) is 13.6. The lowest BCUT2D eigenvalue weighted by molar-refractivity contribution is -0.347. The van der Waals surface area contributed by atoms with Crippen LogP contribution in [0.4, 0.5) is 35.1 Å². The first-order valence-electron chi connectivity index (χ1n) is 7.64. The molecule has 0 aliphatic carbocycles. The first-order valence-corrected chi connectivity index (χ1v) is 7.64. The lowest BCUT2D eigenvalue weighted by Gasteiger charge is -2.33. The summed E-state index contributed by atoms with van der Waals surface area (Å²) in [5.74, 6) is -18.0. The van der Waals surface area contributed by atoms with Gasteiger partial charge in [0.1, 0.15) is 12.7 Å². The fourth-order valence-electron chi connectivity index (χ4n) is 2.30. The van der Waals surface area contributed by atoms with Crippen molar-refractivity contribution in [1.82, 2.24) is 0 Å². The Morgan fingerprint density at radius 1 is 0.704 bits per heavy atom. The molecule has 0 aliphatic heterocycles. The minimum absolute atomic E-state index is 0.295. The van der Waals surface area contributed by atoms with Gasteiger partial charge in [-0.05, 0) is 11.1 Å². The number of hydrogen-bond acceptors (Lipinski definition) is 1. The number of hydrogen-bond donors (Lipinski definition) is 0. The molecule has 0 unspecified atom stereocenters. The van der Waals surface area contributed by atoms with Crippen LogP contribution in [0.15, 0.2) is 60.7 Å². The predicted molar refractivity (Wildman–Crippen MR) is 81.5 cm³/mol. The maximum atomic E-state index is 13.8. The zero-order valence-electron chi connectivity index (χ0n) is 13.6. The van der Waals surface area contributed by atoms with Crippen molar-refractivity contribution in [3.63, 3.8) is 0 Å². The number of rotatable bonds is 8. The average Bonchev–Trinajstić information content (AvgIpc) is 2.63. The van der Waals surface area contributed by atoms with E-state index >= 15 is 0 Å². The van der Waals surface area contributed by atoms with E-state index in [0.29, 0.717) is 11.1 Å². The van der Waals surface area contributed by atoms with Crippen LogP contribution < -0.4 is 0 Å². The Kier molecular flexibility index (Phi) is 6.14. The molecular weight excluding hydrogens is 384 g/mol. The van der Waals surface area contributed by atoms with Gasteiger partial charge in [0.25, 0.3) is 0 Å². The van der Waals surface area contributed by atoms with Gasteiger partial charge in [-0.2, -0.15) is 26.3 Å². The Morgan fingerprint density at radius 2 is 1.11 bits per heavy atom. The van der Waals surface area contributed by atoms with E-state index < -0.39 is 36.9 Å². The van der Waals surface area contributed by atoms with Gasteiger partial charge in [0.05, 0.1) is 0 Å². The van der Waals surface area contributed by atoms with Crippen molar-refractivity contribution in [2.24, 2.45) is 0 Å². The summed E-state index contributed by atoms with van der Waals surface area (Å²) in [5, 5.41) is 0. The molecule has 0 N–H and O–H groups in total. The molecule has 0 saturated carbocycles. The highest BCUT2D eigenvalue weighted by Crippen LogP contribution is 2.49. The van der Waals surface area contributed by atoms with Gasteiger partial charge in [-0.3, -0.25) is 0 Å². The van der Waals surface area contributed by atoms with Crippen LogP contribution >= 0.6 is 0 Å². The molecule has 9 heteroatoms. The zero-order chi connectivity index (χ0) is 20.3. The molecule has 27 heavy (non-hydrogen) atoms. The van der Waals surface area contributed by atoms with E-state index in [-0.39, 0.29) is 0 Å². The van der Waals surface area contributed by atoms with E-state index in [1.165, 1.54) is 48.5 Å². The average molecular weight is 398 g/mol. The minimum Gasteiger partial charge on any atom is -0.362 e. The highest BCUT2D eigenvalue weighted by Gasteiger charge is 2.75. The summed E-state index contributed by atoms with van der Waals surface area (Å²) in [5.41, 5.74) is 0.590. The van der Waals surface area contributed by atoms with E-state index in [4.69, 9.17) is 4.74 Å². The smallest absolute Gasteiger partial charge is 0.362 e. The molecule has 0 atom stereocenters. The highest BCUT2D eigenvalue weighted by atomic mass is 19.4. The van der Waals surface area contributed by atoms with Crippen LogP contribution in [-0.2, 0) is 4.74 Å². The molecule has 0 aromatic heterocycles. The lowest BCUT2D eigenvalue weighted by Crippen LogP contribution is -2.59. The topological polar surface area (TPSA) is 9.23 Å². The second kappa shape index (κ2) is 7.84. The molecule has 0 fully saturated rings. The summed E-state index contributed by atoms with van der Waals surface area (Å²) in [6.45, 7) is -2.18. The molecule has 1 nitrogen and oxygen atoms in total. The molecule has 0 saturated heterocycles. The largest absolute Gasteiger partial charge is 0.380 e. The number of halogens is 8. The van der Waals surface area contributed by atoms with Crippen LogP contribution in [0, 0.1) is 0 Å². The van der Waals surface area contributed by atoms with E-state index in [2.05, 4.69) is 0 Å². The van der Waals surface area contributed by atoms with Crippen LogP contribution in [0.2, 0.25) is 0 Å². The molecule has 148 valence electrons. The van der Waals surface area contributed by atoms with Gasteiger partial charge < -0.3 is 4.74 Å². The van der Waals surface area contributed by atoms with Crippen LogP contribution in [0.5, 0.6) is 0 Å². The molecular formula is C18H14F8O. The Morgan fingerprint density at radius 3 is 1.48 bits per heavy atom. The van der Waals surface area contributed by atoms with Crippen molar-refractivity contribution in [3.05, 3.63) is 71.8 Å². The van der Waals surface area contributed by atoms with Crippen molar-refractivity contribution in [2.75, 3.05) is 6.61 Å². The summed E-state index contributed by atoms with van der Waals surface area (Å²) >= 11 is 0. The molecule has 2 aromatic carbocycles. The predicted octanol–water partition coefficient (Wildman–Crippen LogP) is 5.96. The summed E-state index contributed by atoms with van der Waals surface area (Å²) in [4.78, 5) is 0. The highest BCUT2D eigenvalue weighted by molar-refractivity contribution is 5.30. The van der Waals surface area contributed by atoms with Crippen molar-refractivity contribution in [2.45, 2.75) is 30.3 Å². The molecule has 0 radical (unpaired) electrons. The lowest BCUT2D eigenvalue weighted by atomic mass is 10.0. The van der Waals surface area contributed by atoms with Gasteiger partial charge in [0.2, 0.25) is 0 Å². The van der Waals surface area contributed by atoms with E-state index in [1.54, 1.807) is 12.1 Å². The molecule has 0 bridgehead atoms. The Bertz CT molecular complexity index is 679. The van der Waals surface area contributed by atoms with Gasteiger partial charge in [-0.1, -0.05) is 60.7 Å². The minimum atomic E-state index is -6.30. The van der Waals surface area contributed by atoms with Crippen LogP contribution in [0.3, 0.4) is 0 Å². The standard InChI is InChI=1S/C18H14F8O/c19-15(20)17(23,24)18(25,26)16(21,22)11-27-14(12-7-3-1-4-8-12)13-9-5-2-6-10-13/h1-10,14-15H,11H2. The van der Waals surface area contributed by atoms with Crippen molar-refractivity contribution in [1.29, 1.82) is 0 Å². The second-order valence-corrected chi connectivity index (χ2v) is 5.71. The van der Waals surface area contributed by atoms with Crippen LogP contribution in [-0.4, -0.2) is 30.8 Å². The first-order chi connectivity index (χ1) is 12.5. The van der Waals surface area contributed by atoms with Gasteiger partial charge in [0, 0.05) is 0 Å². The maximum absolute atomic E-state index is 13.8. The summed E-state index contributed by atoms with van der Waals surface area (Å²) < 4.78 is 109. The SMILES string of the molecule is FC(F)C(F)(F)C(F)(F)C(F)(F)COC(c1ccccc1)c1ccccc1. The number of ether oxygens (including phenoxy) is 1. The molecule has 0 spiro atoms. The normalized spacial score (nSPS) is 13.4. The molecule has 0 heterocycles. The van der Waals surface area contributed by atoms with Gasteiger partial charge >= 0.3 is 24.2 Å². The van der Waals surface area contributed by atoms with Crippen LogP contribution in [0.1, 0.15) is 17.2 Å². The van der Waals surface area contributed by atoms with Gasteiger partial charge in [-0.15, -0.1) is 0 Å². The third kappa shape index (κ3) is 4.23. The maximum Gasteiger partial charge on any atom is 0.380 e. The number of alkyl halides is 8. The van der Waals surface area contributed by atoms with Crippen molar-refractivity contribution < 1.29 is 39.9 Å². The monoisotopic (exact) mass is 398 g/mol. The molecule has 0 amide bonds. The number of benzene rings is 2. The van der Waals surface area contributed by atoms with Crippen molar-refractivity contribution >= 4 is 0 Å². The first kappa shape index (κ1) is 21.1. The molecule has 2 aromatic rings. The van der Waals surface area contributed by atoms with Crippen molar-refractivity contribution in [3.8, 4) is 0 Å². The summed E-state index contributed by atoms with van der Waals surface area (Å²) in [7, 11) is 0. The van der Waals surface area contributed by atoms with Crippen LogP contribution in [0.25, 0.3) is 0 Å². The third-order valence-corrected chi connectivity index (χ3v) is 3.79. The summed E-state index contributed by atoms with van der Waals surface area (Å²) in [6.07, 6.45) is -6.24. The second-order valence-electron chi connectivity index (χ2n) is 5.71. The van der Waals surface area contributed by atoms with Gasteiger partial charge in [-0.25, -0.2) is 8.78 Å². The van der Waals surface area contributed by atoms with E-state index in [0.717, 1.165) is 0 Å². The Hall–Kier alpha value is -2.16. The fourth-order valence-corrected chi connectivity index (χ4v) is 2.30. The third-order valence-electron chi connectivity index (χ3n) is 3.79. The quantitative estimate of drug-likeness (QED) is 0.499. The fraction of sp³-hybridized carbons (Fsp3) is 0.333. The Balaban J connectivity index is 2.29. The summed E-state index contributed by atoms with van der Waals surface area (Å²) in [6, 6.07) is 15.2. The molecule has 0 aliphatic rings. The molecule has 2 rings (SSSR count).